The third-order valence-electron chi connectivity index (χ3n) is 6.01. The van der Waals surface area contributed by atoms with Gasteiger partial charge in [0, 0.05) is 44.9 Å². The fourth-order valence-corrected chi connectivity index (χ4v) is 4.41. The highest BCUT2D eigenvalue weighted by Gasteiger charge is 2.32. The van der Waals surface area contributed by atoms with E-state index in [-0.39, 0.29) is 12.6 Å². The number of piperazine rings is 1. The molecule has 1 aromatic rings. The van der Waals surface area contributed by atoms with Crippen molar-refractivity contribution in [1.29, 1.82) is 0 Å². The average Bonchev–Trinajstić information content (AvgIpc) is 2.69. The van der Waals surface area contributed by atoms with E-state index in [1.807, 2.05) is 24.3 Å². The van der Waals surface area contributed by atoms with Crippen molar-refractivity contribution in [1.82, 2.24) is 14.7 Å². The first-order valence-electron chi connectivity index (χ1n) is 10.1. The summed E-state index contributed by atoms with van der Waals surface area (Å²) >= 11 is 0. The lowest BCUT2D eigenvalue weighted by atomic mass is 9.98. The van der Waals surface area contributed by atoms with Crippen LogP contribution in [0.25, 0.3) is 0 Å². The molecule has 0 unspecified atom stereocenters. The Bertz CT molecular complexity index is 599. The fraction of sp³-hybridized carbons (Fsp3) is 0.667. The van der Waals surface area contributed by atoms with Crippen LogP contribution in [0.2, 0.25) is 0 Å². The summed E-state index contributed by atoms with van der Waals surface area (Å²) in [6.45, 7) is 6.57. The summed E-state index contributed by atoms with van der Waals surface area (Å²) in [5, 5.41) is 9.56. The third-order valence-corrected chi connectivity index (χ3v) is 6.01. The molecule has 2 saturated heterocycles. The summed E-state index contributed by atoms with van der Waals surface area (Å²) in [4.78, 5) is 19.1. The van der Waals surface area contributed by atoms with Crippen molar-refractivity contribution in [2.24, 2.45) is 0 Å². The van der Waals surface area contributed by atoms with Gasteiger partial charge in [-0.25, -0.2) is 4.79 Å². The molecule has 0 aliphatic carbocycles. The van der Waals surface area contributed by atoms with Crippen molar-refractivity contribution in [3.05, 3.63) is 35.4 Å². The van der Waals surface area contributed by atoms with Crippen molar-refractivity contribution in [3.63, 3.8) is 0 Å². The third kappa shape index (κ3) is 5.29. The van der Waals surface area contributed by atoms with Gasteiger partial charge in [-0.3, -0.25) is 9.80 Å². The van der Waals surface area contributed by atoms with Gasteiger partial charge in [-0.2, -0.15) is 0 Å². The van der Waals surface area contributed by atoms with Gasteiger partial charge in [-0.05, 0) is 57.1 Å². The van der Waals surface area contributed by atoms with E-state index in [1.165, 1.54) is 38.6 Å². The maximum Gasteiger partial charge on any atom is 0.337 e. The fourth-order valence-electron chi connectivity index (χ4n) is 4.41. The predicted octanol–water partition coefficient (Wildman–Crippen LogP) is 1.44. The van der Waals surface area contributed by atoms with Gasteiger partial charge in [-0.1, -0.05) is 12.1 Å². The van der Waals surface area contributed by atoms with E-state index >= 15 is 0 Å². The first-order valence-corrected chi connectivity index (χ1v) is 10.1. The molecule has 2 heterocycles. The van der Waals surface area contributed by atoms with Crippen molar-refractivity contribution < 1.29 is 14.6 Å². The van der Waals surface area contributed by atoms with Crippen LogP contribution in [0.5, 0.6) is 0 Å². The van der Waals surface area contributed by atoms with Crippen LogP contribution in [-0.4, -0.2) is 91.3 Å². The van der Waals surface area contributed by atoms with E-state index in [9.17, 15) is 9.90 Å². The van der Waals surface area contributed by atoms with Gasteiger partial charge >= 0.3 is 5.97 Å². The van der Waals surface area contributed by atoms with Gasteiger partial charge in [-0.15, -0.1) is 0 Å². The Hall–Kier alpha value is -1.47. The van der Waals surface area contributed by atoms with Gasteiger partial charge < -0.3 is 14.7 Å². The summed E-state index contributed by atoms with van der Waals surface area (Å²) in [5.41, 5.74) is 1.80. The molecule has 0 aromatic heterocycles. The molecule has 0 saturated carbocycles. The summed E-state index contributed by atoms with van der Waals surface area (Å²) in [6, 6.07) is 8.76. The van der Waals surface area contributed by atoms with Gasteiger partial charge in [0.1, 0.15) is 0 Å². The zero-order chi connectivity index (χ0) is 19.2. The smallest absolute Gasteiger partial charge is 0.337 e. The number of nitrogens with zero attached hydrogens (tertiary/aromatic N) is 3. The minimum Gasteiger partial charge on any atom is -0.465 e. The quantitative estimate of drug-likeness (QED) is 0.760. The lowest BCUT2D eigenvalue weighted by Gasteiger charge is -2.47. The highest BCUT2D eigenvalue weighted by Crippen LogP contribution is 2.24. The lowest BCUT2D eigenvalue weighted by molar-refractivity contribution is 0.00600. The summed E-state index contributed by atoms with van der Waals surface area (Å²) in [6.07, 6.45) is 3.30. The van der Waals surface area contributed by atoms with Crippen LogP contribution in [0.3, 0.4) is 0 Å². The van der Waals surface area contributed by atoms with Crippen molar-refractivity contribution in [2.45, 2.75) is 37.9 Å². The Balaban J connectivity index is 1.58. The highest BCUT2D eigenvalue weighted by molar-refractivity contribution is 5.89. The van der Waals surface area contributed by atoms with Crippen LogP contribution >= 0.6 is 0 Å². The number of benzene rings is 1. The molecule has 3 rings (SSSR count). The summed E-state index contributed by atoms with van der Waals surface area (Å²) in [7, 11) is 3.60. The van der Waals surface area contributed by atoms with E-state index in [4.69, 9.17) is 4.74 Å². The van der Waals surface area contributed by atoms with Crippen LogP contribution < -0.4 is 0 Å². The lowest BCUT2D eigenvalue weighted by Crippen LogP contribution is -2.58. The number of aliphatic hydroxyl groups is 1. The maximum atomic E-state index is 11.6. The Labute approximate surface area is 162 Å². The number of hydrogen-bond acceptors (Lipinski definition) is 6. The largest absolute Gasteiger partial charge is 0.465 e. The molecular formula is C21H33N3O3. The molecule has 2 aliphatic heterocycles. The van der Waals surface area contributed by atoms with Crippen molar-refractivity contribution >= 4 is 5.97 Å². The second kappa shape index (κ2) is 9.64. The Morgan fingerprint density at radius 1 is 1.15 bits per heavy atom. The second-order valence-corrected chi connectivity index (χ2v) is 7.86. The molecule has 2 aliphatic rings. The number of piperidine rings is 1. The van der Waals surface area contributed by atoms with Crippen LogP contribution in [0.4, 0.5) is 0 Å². The summed E-state index contributed by atoms with van der Waals surface area (Å²) in [5.74, 6) is -0.295. The molecule has 2 fully saturated rings. The van der Waals surface area contributed by atoms with Crippen molar-refractivity contribution in [2.75, 3.05) is 53.5 Å². The monoisotopic (exact) mass is 375 g/mol. The van der Waals surface area contributed by atoms with Crippen LogP contribution in [0.1, 0.15) is 35.2 Å². The molecule has 6 nitrogen and oxygen atoms in total. The number of esters is 1. The molecule has 0 radical (unpaired) electrons. The first-order chi connectivity index (χ1) is 13.1. The first kappa shape index (κ1) is 20.3. The zero-order valence-electron chi connectivity index (χ0n) is 16.6. The molecule has 0 amide bonds. The van der Waals surface area contributed by atoms with Gasteiger partial charge in [0.15, 0.2) is 0 Å². The second-order valence-electron chi connectivity index (χ2n) is 7.86. The topological polar surface area (TPSA) is 56.2 Å². The molecule has 1 aromatic carbocycles. The van der Waals surface area contributed by atoms with Crippen LogP contribution in [0.15, 0.2) is 24.3 Å². The molecule has 27 heavy (non-hydrogen) atoms. The molecule has 1 atom stereocenters. The van der Waals surface area contributed by atoms with Gasteiger partial charge in [0.2, 0.25) is 0 Å². The standard InChI is InChI=1S/C21H33N3O3/c1-22-10-7-19(8-11-22)24-13-12-23(16-20(24)9-14-25)15-17-3-5-18(6-4-17)21(26)27-2/h3-6,19-20,25H,7-16H2,1-2H3/t20-/m1/s1. The van der Waals surface area contributed by atoms with E-state index in [2.05, 4.69) is 21.7 Å². The molecule has 0 spiro atoms. The number of likely N-dealkylation sites (tertiary alicyclic amines) is 1. The Morgan fingerprint density at radius 2 is 1.85 bits per heavy atom. The normalized spacial score (nSPS) is 23.4. The number of carbonyl (C=O) groups excluding carboxylic acids is 1. The number of ether oxygens (including phenoxy) is 1. The number of rotatable bonds is 6. The van der Waals surface area contributed by atoms with Gasteiger partial charge in [0.25, 0.3) is 0 Å². The minimum atomic E-state index is -0.295. The zero-order valence-corrected chi connectivity index (χ0v) is 16.6. The van der Waals surface area contributed by atoms with E-state index in [0.29, 0.717) is 17.6 Å². The van der Waals surface area contributed by atoms with Gasteiger partial charge in [0.05, 0.1) is 12.7 Å². The molecule has 0 bridgehead atoms. The summed E-state index contributed by atoms with van der Waals surface area (Å²) < 4.78 is 4.76. The number of carbonyl (C=O) groups is 1. The Kier molecular flexibility index (Phi) is 7.24. The molecule has 6 heteroatoms. The van der Waals surface area contributed by atoms with E-state index < -0.39 is 0 Å². The molecular weight excluding hydrogens is 342 g/mol. The van der Waals surface area contributed by atoms with Crippen LogP contribution in [0, 0.1) is 0 Å². The minimum absolute atomic E-state index is 0.245. The maximum absolute atomic E-state index is 11.6. The van der Waals surface area contributed by atoms with E-state index in [0.717, 1.165) is 32.6 Å². The number of aliphatic hydroxyl groups excluding tert-OH is 1. The molecule has 1 N–H and O–H groups in total. The van der Waals surface area contributed by atoms with Crippen molar-refractivity contribution in [3.8, 4) is 0 Å². The predicted molar refractivity (Wildman–Crippen MR) is 106 cm³/mol. The highest BCUT2D eigenvalue weighted by atomic mass is 16.5. The number of methoxy groups -OCH3 is 1. The Morgan fingerprint density at radius 3 is 2.48 bits per heavy atom. The molecule has 150 valence electrons. The van der Waals surface area contributed by atoms with E-state index in [1.54, 1.807) is 0 Å². The SMILES string of the molecule is COC(=O)c1ccc(CN2CCN(C3CCN(C)CC3)[C@H](CCO)C2)cc1. The average molecular weight is 376 g/mol. The van der Waals surface area contributed by atoms with Crippen LogP contribution in [-0.2, 0) is 11.3 Å². The number of hydrogen-bond donors (Lipinski definition) is 1.